The minimum absolute atomic E-state index is 0.144. The van der Waals surface area contributed by atoms with E-state index in [0.717, 1.165) is 12.3 Å². The summed E-state index contributed by atoms with van der Waals surface area (Å²) in [5.41, 5.74) is 0.201. The molecule has 0 unspecified atom stereocenters. The second-order valence-electron chi connectivity index (χ2n) is 8.18. The van der Waals surface area contributed by atoms with Gasteiger partial charge >= 0.3 is 0 Å². The van der Waals surface area contributed by atoms with E-state index in [2.05, 4.69) is 4.90 Å². The Morgan fingerprint density at radius 2 is 1.81 bits per heavy atom. The van der Waals surface area contributed by atoms with Crippen molar-refractivity contribution in [1.82, 2.24) is 9.64 Å². The quantitative estimate of drug-likeness (QED) is 0.792. The number of aromatic nitrogens is 1. The molecule has 0 amide bonds. The van der Waals surface area contributed by atoms with Gasteiger partial charge in [-0.15, -0.1) is 0 Å². The van der Waals surface area contributed by atoms with E-state index in [-0.39, 0.29) is 11.4 Å². The summed E-state index contributed by atoms with van der Waals surface area (Å²) in [7, 11) is 0. The molecule has 142 valence electrons. The van der Waals surface area contributed by atoms with Gasteiger partial charge in [0.2, 0.25) is 0 Å². The fourth-order valence-electron chi connectivity index (χ4n) is 4.68. The first-order valence-electron chi connectivity index (χ1n) is 10.2. The third-order valence-electron chi connectivity index (χ3n) is 6.30. The minimum Gasteiger partial charge on any atom is -0.376 e. The van der Waals surface area contributed by atoms with E-state index in [1.54, 1.807) is 0 Å². The van der Waals surface area contributed by atoms with Crippen molar-refractivity contribution in [2.75, 3.05) is 19.6 Å². The maximum Gasteiger partial charge on any atom is 0.290 e. The van der Waals surface area contributed by atoms with Crippen LogP contribution in [0.25, 0.3) is 11.0 Å². The lowest BCUT2D eigenvalue weighted by Gasteiger charge is -2.35. The van der Waals surface area contributed by atoms with Crippen LogP contribution in [0.2, 0.25) is 0 Å². The molecule has 0 atom stereocenters. The summed E-state index contributed by atoms with van der Waals surface area (Å²) >= 11 is 0. The lowest BCUT2D eigenvalue weighted by atomic mass is 9.87. The van der Waals surface area contributed by atoms with Crippen LogP contribution in [-0.2, 0) is 6.54 Å². The molecule has 2 fully saturated rings. The van der Waals surface area contributed by atoms with Crippen LogP contribution < -0.4 is 5.56 Å². The number of piperidine rings is 1. The highest BCUT2D eigenvalue weighted by Gasteiger charge is 2.23. The number of hydrogen-bond donors (Lipinski definition) is 0. The Hall–Kier alpha value is -1.62. The molecule has 1 saturated carbocycles. The second-order valence-corrected chi connectivity index (χ2v) is 8.18. The van der Waals surface area contributed by atoms with Crippen LogP contribution >= 0.6 is 0 Å². The number of halogens is 1. The smallest absolute Gasteiger partial charge is 0.290 e. The average molecular weight is 360 g/mol. The van der Waals surface area contributed by atoms with Crippen molar-refractivity contribution < 1.29 is 8.91 Å². The van der Waals surface area contributed by atoms with Crippen LogP contribution in [0, 0.1) is 17.7 Å². The van der Waals surface area contributed by atoms with Gasteiger partial charge in [0.25, 0.3) is 5.56 Å². The van der Waals surface area contributed by atoms with E-state index in [9.17, 15) is 9.18 Å². The molecule has 5 heteroatoms. The maximum atomic E-state index is 13.3. The average Bonchev–Trinajstić information content (AvgIpc) is 2.97. The summed E-state index contributed by atoms with van der Waals surface area (Å²) in [4.78, 5) is 15.0. The van der Waals surface area contributed by atoms with E-state index in [4.69, 9.17) is 4.52 Å². The third-order valence-corrected chi connectivity index (χ3v) is 6.30. The van der Waals surface area contributed by atoms with Crippen molar-refractivity contribution in [1.29, 1.82) is 0 Å². The first-order valence-corrected chi connectivity index (χ1v) is 10.2. The number of fused-ring (bicyclic) bond motifs is 1. The molecule has 0 radical (unpaired) electrons. The number of rotatable bonds is 5. The van der Waals surface area contributed by atoms with Crippen LogP contribution in [0.4, 0.5) is 4.39 Å². The summed E-state index contributed by atoms with van der Waals surface area (Å²) in [5, 5.41) is 0.466. The van der Waals surface area contributed by atoms with Gasteiger partial charge in [0.1, 0.15) is 5.82 Å². The number of benzene rings is 1. The predicted octanol–water partition coefficient (Wildman–Crippen LogP) is 4.42. The molecule has 2 aromatic rings. The highest BCUT2D eigenvalue weighted by atomic mass is 19.1. The zero-order chi connectivity index (χ0) is 17.9. The molecule has 0 spiro atoms. The summed E-state index contributed by atoms with van der Waals surface area (Å²) in [6.07, 6.45) is 10.4. The van der Waals surface area contributed by atoms with Crippen LogP contribution in [0.1, 0.15) is 51.4 Å². The first kappa shape index (κ1) is 17.8. The number of aryl methyl sites for hydroxylation is 1. The van der Waals surface area contributed by atoms with E-state index in [0.29, 0.717) is 23.4 Å². The van der Waals surface area contributed by atoms with Crippen molar-refractivity contribution in [3.05, 3.63) is 34.4 Å². The Balaban J connectivity index is 1.27. The second kappa shape index (κ2) is 7.95. The molecule has 1 aromatic heterocycles. The van der Waals surface area contributed by atoms with Gasteiger partial charge in [0, 0.05) is 12.6 Å². The van der Waals surface area contributed by atoms with Gasteiger partial charge in [0.05, 0.1) is 11.9 Å². The molecule has 2 aliphatic rings. The molecule has 2 heterocycles. The van der Waals surface area contributed by atoms with Gasteiger partial charge in [-0.05, 0) is 69.2 Å². The number of likely N-dealkylation sites (tertiary alicyclic amines) is 1. The van der Waals surface area contributed by atoms with Crippen molar-refractivity contribution in [3.63, 3.8) is 0 Å². The minimum atomic E-state index is -0.372. The molecular formula is C21H29FN2O2. The van der Waals surface area contributed by atoms with Crippen molar-refractivity contribution in [3.8, 4) is 0 Å². The Labute approximate surface area is 153 Å². The lowest BCUT2D eigenvalue weighted by Crippen LogP contribution is -2.37. The summed E-state index contributed by atoms with van der Waals surface area (Å²) in [6.45, 7) is 4.23. The largest absolute Gasteiger partial charge is 0.376 e. The molecule has 4 nitrogen and oxygen atoms in total. The van der Waals surface area contributed by atoms with E-state index in [1.807, 2.05) is 0 Å². The topological polar surface area (TPSA) is 38.4 Å². The lowest BCUT2D eigenvalue weighted by molar-refractivity contribution is 0.135. The molecule has 1 aliphatic carbocycles. The van der Waals surface area contributed by atoms with Gasteiger partial charge in [-0.3, -0.25) is 4.79 Å². The van der Waals surface area contributed by atoms with Gasteiger partial charge in [-0.25, -0.2) is 4.39 Å². The molecule has 26 heavy (non-hydrogen) atoms. The Morgan fingerprint density at radius 1 is 1.04 bits per heavy atom. The van der Waals surface area contributed by atoms with Gasteiger partial charge in [-0.1, -0.05) is 19.3 Å². The Kier molecular flexibility index (Phi) is 5.44. The monoisotopic (exact) mass is 360 g/mol. The van der Waals surface area contributed by atoms with E-state index < -0.39 is 0 Å². The van der Waals surface area contributed by atoms with Crippen molar-refractivity contribution >= 4 is 11.0 Å². The number of nitrogens with zero attached hydrogens (tertiary/aromatic N) is 2. The van der Waals surface area contributed by atoms with Crippen molar-refractivity contribution in [2.45, 2.75) is 57.9 Å². The first-order chi connectivity index (χ1) is 12.7. The highest BCUT2D eigenvalue weighted by Crippen LogP contribution is 2.27. The van der Waals surface area contributed by atoms with Gasteiger partial charge in [-0.2, -0.15) is 4.74 Å². The van der Waals surface area contributed by atoms with E-state index in [1.165, 1.54) is 87.5 Å². The highest BCUT2D eigenvalue weighted by molar-refractivity contribution is 5.75. The van der Waals surface area contributed by atoms with Crippen LogP contribution in [0.5, 0.6) is 0 Å². The molecule has 4 rings (SSSR count). The molecule has 0 N–H and O–H groups in total. The summed E-state index contributed by atoms with van der Waals surface area (Å²) in [6, 6.07) is 4.11. The Bertz CT molecular complexity index is 783. The van der Waals surface area contributed by atoms with E-state index >= 15 is 0 Å². The predicted molar refractivity (Wildman–Crippen MR) is 101 cm³/mol. The summed E-state index contributed by atoms with van der Waals surface area (Å²) < 4.78 is 20.2. The van der Waals surface area contributed by atoms with Gasteiger partial charge in [0.15, 0.2) is 5.58 Å². The van der Waals surface area contributed by atoms with Crippen LogP contribution in [0.15, 0.2) is 27.5 Å². The summed E-state index contributed by atoms with van der Waals surface area (Å²) in [5.74, 6) is 1.19. The Morgan fingerprint density at radius 3 is 2.58 bits per heavy atom. The normalized spacial score (nSPS) is 20.8. The van der Waals surface area contributed by atoms with Crippen LogP contribution in [0.3, 0.4) is 0 Å². The molecular weight excluding hydrogens is 331 g/mol. The standard InChI is InChI=1S/C21H29FN2O2/c22-18-6-7-19-20(14-18)26-24(21(19)25)13-10-16-8-11-23(12-9-16)15-17-4-2-1-3-5-17/h6-7,14,16-17H,1-5,8-13,15H2. The third kappa shape index (κ3) is 4.03. The fraction of sp³-hybridized carbons (Fsp3) is 0.667. The molecule has 0 bridgehead atoms. The van der Waals surface area contributed by atoms with Crippen LogP contribution in [-0.4, -0.2) is 29.3 Å². The maximum absolute atomic E-state index is 13.3. The molecule has 1 aromatic carbocycles. The van der Waals surface area contributed by atoms with Gasteiger partial charge < -0.3 is 9.42 Å². The molecule has 1 saturated heterocycles. The van der Waals surface area contributed by atoms with Crippen molar-refractivity contribution in [2.24, 2.45) is 11.8 Å². The SMILES string of the molecule is O=c1c2ccc(F)cc2on1CCC1CCN(CC2CCCCC2)CC1. The number of hydrogen-bond acceptors (Lipinski definition) is 3. The zero-order valence-corrected chi connectivity index (χ0v) is 15.5. The zero-order valence-electron chi connectivity index (χ0n) is 15.5. The molecule has 1 aliphatic heterocycles. The fourth-order valence-corrected chi connectivity index (χ4v) is 4.68.